The Kier molecular flexibility index (Phi) is 6.40. The van der Waals surface area contributed by atoms with E-state index in [1.165, 1.54) is 4.31 Å². The van der Waals surface area contributed by atoms with E-state index in [9.17, 15) is 13.2 Å². The summed E-state index contributed by atoms with van der Waals surface area (Å²) in [5, 5.41) is 3.08. The monoisotopic (exact) mass is 352 g/mol. The van der Waals surface area contributed by atoms with Gasteiger partial charge in [0.2, 0.25) is 15.9 Å². The zero-order chi connectivity index (χ0) is 17.7. The van der Waals surface area contributed by atoms with Crippen LogP contribution in [0.5, 0.6) is 0 Å². The van der Waals surface area contributed by atoms with E-state index in [1.807, 2.05) is 18.2 Å². The Morgan fingerprint density at radius 3 is 2.38 bits per heavy atom. The van der Waals surface area contributed by atoms with Crippen LogP contribution in [0.1, 0.15) is 44.7 Å². The lowest BCUT2D eigenvalue weighted by Gasteiger charge is -2.31. The molecule has 0 saturated carbocycles. The molecule has 1 fully saturated rings. The second-order valence-electron chi connectivity index (χ2n) is 6.25. The maximum absolute atomic E-state index is 12.7. The molecule has 1 atom stereocenters. The number of hydrogen-bond acceptors (Lipinski definition) is 3. The molecule has 5 nitrogen and oxygen atoms in total. The van der Waals surface area contributed by atoms with Crippen LogP contribution in [-0.4, -0.2) is 37.5 Å². The Hall–Kier alpha value is -1.40. The molecule has 0 aliphatic carbocycles. The van der Waals surface area contributed by atoms with Crippen LogP contribution in [0.15, 0.2) is 18.2 Å². The van der Waals surface area contributed by atoms with E-state index in [1.54, 1.807) is 6.92 Å². The third-order valence-corrected chi connectivity index (χ3v) is 6.61. The Morgan fingerprint density at radius 1 is 1.21 bits per heavy atom. The first kappa shape index (κ1) is 18.9. The summed E-state index contributed by atoms with van der Waals surface area (Å²) in [6, 6.07) is 6.08. The van der Waals surface area contributed by atoms with Gasteiger partial charge in [0.15, 0.2) is 0 Å². The Labute approximate surface area is 145 Å². The molecule has 1 aromatic rings. The van der Waals surface area contributed by atoms with Gasteiger partial charge in [0, 0.05) is 18.8 Å². The highest BCUT2D eigenvalue weighted by Crippen LogP contribution is 2.26. The van der Waals surface area contributed by atoms with Crippen LogP contribution in [0.3, 0.4) is 0 Å². The van der Waals surface area contributed by atoms with Gasteiger partial charge in [-0.1, -0.05) is 32.0 Å². The number of rotatable bonds is 6. The largest absolute Gasteiger partial charge is 0.325 e. The highest BCUT2D eigenvalue weighted by atomic mass is 32.2. The number of nitrogens with zero attached hydrogens (tertiary/aromatic N) is 1. The molecule has 0 spiro atoms. The third kappa shape index (κ3) is 4.16. The first-order valence-corrected chi connectivity index (χ1v) is 10.4. The molecule has 1 aliphatic heterocycles. The van der Waals surface area contributed by atoms with Gasteiger partial charge in [0.1, 0.15) is 0 Å². The molecular weight excluding hydrogens is 324 g/mol. The molecule has 1 unspecified atom stereocenters. The maximum atomic E-state index is 12.7. The van der Waals surface area contributed by atoms with Gasteiger partial charge in [0.05, 0.1) is 11.7 Å². The van der Waals surface area contributed by atoms with E-state index in [4.69, 9.17) is 0 Å². The van der Waals surface area contributed by atoms with Crippen LogP contribution in [0, 0.1) is 5.92 Å². The van der Waals surface area contributed by atoms with Crippen LogP contribution in [0.25, 0.3) is 0 Å². The van der Waals surface area contributed by atoms with Crippen LogP contribution < -0.4 is 5.32 Å². The number of amides is 1. The zero-order valence-corrected chi connectivity index (χ0v) is 15.7. The first-order chi connectivity index (χ1) is 11.4. The molecule has 134 valence electrons. The van der Waals surface area contributed by atoms with Gasteiger partial charge in [-0.2, -0.15) is 0 Å². The second-order valence-corrected chi connectivity index (χ2v) is 8.50. The Bertz CT molecular complexity index is 663. The van der Waals surface area contributed by atoms with Crippen molar-refractivity contribution < 1.29 is 13.2 Å². The van der Waals surface area contributed by atoms with E-state index in [-0.39, 0.29) is 24.1 Å². The fourth-order valence-corrected chi connectivity index (χ4v) is 4.40. The Morgan fingerprint density at radius 2 is 1.83 bits per heavy atom. The second kappa shape index (κ2) is 8.12. The SMILES string of the molecule is CCc1cccc(CC)c1NC(=O)C1CCCN(S(=O)(=O)CC)C1. The molecule has 1 saturated heterocycles. The van der Waals surface area contributed by atoms with Crippen molar-refractivity contribution in [2.45, 2.75) is 46.5 Å². The number of benzene rings is 1. The molecule has 0 radical (unpaired) electrons. The van der Waals surface area contributed by atoms with Crippen LogP contribution in [0.4, 0.5) is 5.69 Å². The minimum absolute atomic E-state index is 0.0680. The first-order valence-electron chi connectivity index (χ1n) is 8.82. The van der Waals surface area contributed by atoms with Crippen LogP contribution in [-0.2, 0) is 27.7 Å². The van der Waals surface area contributed by atoms with Crippen molar-refractivity contribution in [2.24, 2.45) is 5.92 Å². The number of piperidine rings is 1. The predicted octanol–water partition coefficient (Wildman–Crippen LogP) is 2.81. The normalized spacial score (nSPS) is 19.2. The average Bonchev–Trinajstić information content (AvgIpc) is 2.61. The summed E-state index contributed by atoms with van der Waals surface area (Å²) in [4.78, 5) is 12.7. The summed E-state index contributed by atoms with van der Waals surface area (Å²) in [6.45, 7) is 6.59. The third-order valence-electron chi connectivity index (χ3n) is 4.76. The fraction of sp³-hybridized carbons (Fsp3) is 0.611. The summed E-state index contributed by atoms with van der Waals surface area (Å²) < 4.78 is 25.6. The van der Waals surface area contributed by atoms with Crippen molar-refractivity contribution in [3.05, 3.63) is 29.3 Å². The molecule has 6 heteroatoms. The summed E-state index contributed by atoms with van der Waals surface area (Å²) >= 11 is 0. The zero-order valence-electron chi connectivity index (χ0n) is 14.8. The number of anilines is 1. The molecule has 1 aromatic carbocycles. The number of nitrogens with one attached hydrogen (secondary N) is 1. The quantitative estimate of drug-likeness (QED) is 0.856. The number of aryl methyl sites for hydroxylation is 2. The van der Waals surface area contributed by atoms with Crippen molar-refractivity contribution in [1.82, 2.24) is 4.31 Å². The fourth-order valence-electron chi connectivity index (χ4n) is 3.22. The summed E-state index contributed by atoms with van der Waals surface area (Å²) in [5.74, 6) is -0.267. The highest BCUT2D eigenvalue weighted by Gasteiger charge is 2.31. The van der Waals surface area contributed by atoms with Crippen molar-refractivity contribution in [1.29, 1.82) is 0 Å². The van der Waals surface area contributed by atoms with Crippen molar-refractivity contribution in [3.63, 3.8) is 0 Å². The minimum Gasteiger partial charge on any atom is -0.325 e. The molecular formula is C18H28N2O3S. The lowest BCUT2D eigenvalue weighted by molar-refractivity contribution is -0.120. The molecule has 1 heterocycles. The van der Waals surface area contributed by atoms with Gasteiger partial charge in [0.25, 0.3) is 0 Å². The number of carbonyl (C=O) groups excluding carboxylic acids is 1. The van der Waals surface area contributed by atoms with E-state index < -0.39 is 10.0 Å². The lowest BCUT2D eigenvalue weighted by Crippen LogP contribution is -2.44. The number of para-hydroxylation sites is 1. The molecule has 24 heavy (non-hydrogen) atoms. The number of sulfonamides is 1. The standard InChI is InChI=1S/C18H28N2O3S/c1-4-14-9-7-10-15(5-2)17(14)19-18(21)16-11-8-12-20(13-16)24(22,23)6-3/h7,9-10,16H,4-6,8,11-13H2,1-3H3,(H,19,21). The summed E-state index contributed by atoms with van der Waals surface area (Å²) in [6.07, 6.45) is 3.17. The molecule has 0 aromatic heterocycles. The average molecular weight is 353 g/mol. The van der Waals surface area contributed by atoms with Gasteiger partial charge in [-0.05, 0) is 43.7 Å². The maximum Gasteiger partial charge on any atom is 0.228 e. The predicted molar refractivity (Wildman–Crippen MR) is 97.6 cm³/mol. The van der Waals surface area contributed by atoms with E-state index >= 15 is 0 Å². The highest BCUT2D eigenvalue weighted by molar-refractivity contribution is 7.89. The van der Waals surface area contributed by atoms with Crippen molar-refractivity contribution in [3.8, 4) is 0 Å². The topological polar surface area (TPSA) is 66.5 Å². The van der Waals surface area contributed by atoms with Gasteiger partial charge in [-0.25, -0.2) is 12.7 Å². The number of carbonyl (C=O) groups is 1. The molecule has 1 aliphatic rings. The summed E-state index contributed by atoms with van der Waals surface area (Å²) in [5.41, 5.74) is 3.15. The minimum atomic E-state index is -3.23. The molecule has 1 amide bonds. The van der Waals surface area contributed by atoms with E-state index in [0.29, 0.717) is 6.54 Å². The Balaban J connectivity index is 2.16. The van der Waals surface area contributed by atoms with Gasteiger partial charge >= 0.3 is 0 Å². The van der Waals surface area contributed by atoms with Gasteiger partial charge < -0.3 is 5.32 Å². The van der Waals surface area contributed by atoms with E-state index in [2.05, 4.69) is 19.2 Å². The van der Waals surface area contributed by atoms with Crippen LogP contribution in [0.2, 0.25) is 0 Å². The molecule has 1 N–H and O–H groups in total. The van der Waals surface area contributed by atoms with Gasteiger partial charge in [-0.15, -0.1) is 0 Å². The summed E-state index contributed by atoms with van der Waals surface area (Å²) in [7, 11) is -3.23. The molecule has 2 rings (SSSR count). The van der Waals surface area contributed by atoms with Crippen molar-refractivity contribution >= 4 is 21.6 Å². The molecule has 0 bridgehead atoms. The van der Waals surface area contributed by atoms with Gasteiger partial charge in [-0.3, -0.25) is 4.79 Å². The number of hydrogen-bond donors (Lipinski definition) is 1. The lowest BCUT2D eigenvalue weighted by atomic mass is 9.97. The van der Waals surface area contributed by atoms with Crippen molar-refractivity contribution in [2.75, 3.05) is 24.2 Å². The smallest absolute Gasteiger partial charge is 0.228 e. The van der Waals surface area contributed by atoms with E-state index in [0.717, 1.165) is 42.5 Å². The van der Waals surface area contributed by atoms with Crippen LogP contribution >= 0.6 is 0 Å².